The topological polar surface area (TPSA) is 111 Å². The van der Waals surface area contributed by atoms with Crippen molar-refractivity contribution in [1.82, 2.24) is 9.97 Å². The van der Waals surface area contributed by atoms with Gasteiger partial charge in [0, 0.05) is 5.56 Å². The first-order valence-corrected chi connectivity index (χ1v) is 6.42. The SMILES string of the molecule is CC(C)(C)Oc1cccc(-c2nc(N)nc(N)c2C#N)c1. The van der Waals surface area contributed by atoms with Crippen molar-refractivity contribution in [2.45, 2.75) is 26.4 Å². The Morgan fingerprint density at radius 3 is 2.52 bits per heavy atom. The lowest BCUT2D eigenvalue weighted by molar-refractivity contribution is 0.131. The minimum Gasteiger partial charge on any atom is -0.488 e. The Morgan fingerprint density at radius 2 is 1.90 bits per heavy atom. The van der Waals surface area contributed by atoms with Crippen LogP contribution in [-0.4, -0.2) is 15.6 Å². The molecule has 0 spiro atoms. The highest BCUT2D eigenvalue weighted by molar-refractivity contribution is 5.73. The van der Waals surface area contributed by atoms with Crippen LogP contribution in [-0.2, 0) is 0 Å². The Morgan fingerprint density at radius 1 is 1.19 bits per heavy atom. The minimum absolute atomic E-state index is 0.0312. The molecular formula is C15H17N5O. The molecule has 0 radical (unpaired) electrons. The zero-order valence-corrected chi connectivity index (χ0v) is 12.2. The van der Waals surface area contributed by atoms with Gasteiger partial charge in [0.15, 0.2) is 0 Å². The normalized spacial score (nSPS) is 11.0. The molecule has 1 aromatic heterocycles. The van der Waals surface area contributed by atoms with Crippen LogP contribution in [0.4, 0.5) is 11.8 Å². The van der Waals surface area contributed by atoms with Crippen LogP contribution in [0.1, 0.15) is 26.3 Å². The molecule has 0 aliphatic rings. The summed E-state index contributed by atoms with van der Waals surface area (Å²) in [5, 5.41) is 9.23. The third-order valence-electron chi connectivity index (χ3n) is 2.60. The summed E-state index contributed by atoms with van der Waals surface area (Å²) in [5.74, 6) is 0.783. The summed E-state index contributed by atoms with van der Waals surface area (Å²) < 4.78 is 5.81. The first-order valence-electron chi connectivity index (χ1n) is 6.42. The second-order valence-electron chi connectivity index (χ2n) is 5.54. The average molecular weight is 283 g/mol. The average Bonchev–Trinajstić information content (AvgIpc) is 2.36. The predicted octanol–water partition coefficient (Wildman–Crippen LogP) is 2.36. The van der Waals surface area contributed by atoms with E-state index in [1.165, 1.54) is 0 Å². The number of anilines is 2. The molecule has 0 bridgehead atoms. The fourth-order valence-electron chi connectivity index (χ4n) is 1.88. The molecule has 4 N–H and O–H groups in total. The van der Waals surface area contributed by atoms with Gasteiger partial charge in [-0.2, -0.15) is 10.2 Å². The summed E-state index contributed by atoms with van der Waals surface area (Å²) in [5.41, 5.74) is 12.3. The number of hydrogen-bond donors (Lipinski definition) is 2. The van der Waals surface area contributed by atoms with E-state index in [9.17, 15) is 5.26 Å². The van der Waals surface area contributed by atoms with Gasteiger partial charge in [-0.3, -0.25) is 0 Å². The fourth-order valence-corrected chi connectivity index (χ4v) is 1.88. The molecule has 0 unspecified atom stereocenters. The summed E-state index contributed by atoms with van der Waals surface area (Å²) in [6, 6.07) is 9.29. The van der Waals surface area contributed by atoms with Crippen LogP contribution in [0.5, 0.6) is 5.75 Å². The van der Waals surface area contributed by atoms with Gasteiger partial charge in [0.05, 0.1) is 5.69 Å². The van der Waals surface area contributed by atoms with Gasteiger partial charge in [-0.05, 0) is 32.9 Å². The summed E-state index contributed by atoms with van der Waals surface area (Å²) in [7, 11) is 0. The van der Waals surface area contributed by atoms with Crippen molar-refractivity contribution in [2.75, 3.05) is 11.5 Å². The molecule has 0 aliphatic carbocycles. The maximum Gasteiger partial charge on any atom is 0.222 e. The number of ether oxygens (including phenoxy) is 1. The van der Waals surface area contributed by atoms with E-state index in [4.69, 9.17) is 16.2 Å². The minimum atomic E-state index is -0.319. The number of nitrogens with two attached hydrogens (primary N) is 2. The second-order valence-corrected chi connectivity index (χ2v) is 5.54. The number of nitriles is 1. The lowest BCUT2D eigenvalue weighted by atomic mass is 10.1. The van der Waals surface area contributed by atoms with Crippen LogP contribution in [0.3, 0.4) is 0 Å². The quantitative estimate of drug-likeness (QED) is 0.875. The van der Waals surface area contributed by atoms with Gasteiger partial charge >= 0.3 is 0 Å². The predicted molar refractivity (Wildman–Crippen MR) is 81.4 cm³/mol. The molecule has 0 amide bonds. The van der Waals surface area contributed by atoms with Crippen LogP contribution >= 0.6 is 0 Å². The van der Waals surface area contributed by atoms with Gasteiger partial charge in [0.2, 0.25) is 5.95 Å². The van der Waals surface area contributed by atoms with Crippen molar-refractivity contribution in [2.24, 2.45) is 0 Å². The molecule has 108 valence electrons. The van der Waals surface area contributed by atoms with Crippen LogP contribution in [0, 0.1) is 11.3 Å². The second kappa shape index (κ2) is 5.29. The molecule has 0 saturated carbocycles. The van der Waals surface area contributed by atoms with Gasteiger partial charge in [-0.15, -0.1) is 0 Å². The van der Waals surface area contributed by atoms with E-state index in [0.717, 1.165) is 0 Å². The van der Waals surface area contributed by atoms with Crippen molar-refractivity contribution in [3.05, 3.63) is 29.8 Å². The zero-order chi connectivity index (χ0) is 15.6. The Kier molecular flexibility index (Phi) is 3.68. The van der Waals surface area contributed by atoms with Gasteiger partial charge in [0.1, 0.15) is 28.8 Å². The molecule has 0 fully saturated rings. The van der Waals surface area contributed by atoms with Crippen molar-refractivity contribution < 1.29 is 4.74 Å². The van der Waals surface area contributed by atoms with E-state index < -0.39 is 0 Å². The van der Waals surface area contributed by atoms with Gasteiger partial charge in [-0.1, -0.05) is 12.1 Å². The summed E-state index contributed by atoms with van der Waals surface area (Å²) in [6.45, 7) is 5.88. The third kappa shape index (κ3) is 3.39. The van der Waals surface area contributed by atoms with E-state index in [2.05, 4.69) is 9.97 Å². The van der Waals surface area contributed by atoms with E-state index in [0.29, 0.717) is 17.0 Å². The number of benzene rings is 1. The molecule has 1 aromatic carbocycles. The third-order valence-corrected chi connectivity index (χ3v) is 2.60. The van der Waals surface area contributed by atoms with Crippen LogP contribution in [0.2, 0.25) is 0 Å². The Bertz CT molecular complexity index is 713. The van der Waals surface area contributed by atoms with Crippen LogP contribution in [0.15, 0.2) is 24.3 Å². The molecule has 6 nitrogen and oxygen atoms in total. The Labute approximate surface area is 123 Å². The Hall–Kier alpha value is -2.81. The molecule has 2 aromatic rings. The van der Waals surface area contributed by atoms with Crippen molar-refractivity contribution in [3.8, 4) is 23.1 Å². The number of hydrogen-bond acceptors (Lipinski definition) is 6. The molecule has 1 heterocycles. The number of nitrogen functional groups attached to an aromatic ring is 2. The number of nitrogens with zero attached hydrogens (tertiary/aromatic N) is 3. The number of aromatic nitrogens is 2. The highest BCUT2D eigenvalue weighted by atomic mass is 16.5. The monoisotopic (exact) mass is 283 g/mol. The smallest absolute Gasteiger partial charge is 0.222 e. The van der Waals surface area contributed by atoms with Gasteiger partial charge in [0.25, 0.3) is 0 Å². The van der Waals surface area contributed by atoms with Crippen molar-refractivity contribution >= 4 is 11.8 Å². The molecule has 21 heavy (non-hydrogen) atoms. The standard InChI is InChI=1S/C15H17N5O/c1-15(2,3)21-10-6-4-5-9(7-10)12-11(8-16)13(17)20-14(18)19-12/h4-7H,1-3H3,(H4,17,18,19,20). The van der Waals surface area contributed by atoms with E-state index in [1.807, 2.05) is 45.0 Å². The highest BCUT2D eigenvalue weighted by Gasteiger charge is 2.16. The van der Waals surface area contributed by atoms with E-state index in [1.54, 1.807) is 6.07 Å². The lowest BCUT2D eigenvalue weighted by Gasteiger charge is -2.21. The summed E-state index contributed by atoms with van der Waals surface area (Å²) in [6.07, 6.45) is 0. The lowest BCUT2D eigenvalue weighted by Crippen LogP contribution is -2.22. The Balaban J connectivity index is 2.53. The van der Waals surface area contributed by atoms with Crippen molar-refractivity contribution in [1.29, 1.82) is 5.26 Å². The van der Waals surface area contributed by atoms with Crippen LogP contribution < -0.4 is 16.2 Å². The van der Waals surface area contributed by atoms with Crippen molar-refractivity contribution in [3.63, 3.8) is 0 Å². The van der Waals surface area contributed by atoms with E-state index >= 15 is 0 Å². The highest BCUT2D eigenvalue weighted by Crippen LogP contribution is 2.29. The van der Waals surface area contributed by atoms with Crippen LogP contribution in [0.25, 0.3) is 11.3 Å². The van der Waals surface area contributed by atoms with Gasteiger partial charge < -0.3 is 16.2 Å². The summed E-state index contributed by atoms with van der Waals surface area (Å²) >= 11 is 0. The molecule has 0 saturated heterocycles. The first kappa shape index (κ1) is 14.6. The van der Waals surface area contributed by atoms with E-state index in [-0.39, 0.29) is 22.9 Å². The number of rotatable bonds is 2. The first-order chi connectivity index (χ1) is 9.80. The maximum atomic E-state index is 9.23. The molecular weight excluding hydrogens is 266 g/mol. The fraction of sp³-hybridized carbons (Fsp3) is 0.267. The summed E-state index contributed by atoms with van der Waals surface area (Å²) in [4.78, 5) is 7.92. The maximum absolute atomic E-state index is 9.23. The molecule has 2 rings (SSSR count). The van der Waals surface area contributed by atoms with Gasteiger partial charge in [-0.25, -0.2) is 4.98 Å². The molecule has 0 atom stereocenters. The molecule has 6 heteroatoms. The largest absolute Gasteiger partial charge is 0.488 e. The molecule has 0 aliphatic heterocycles. The zero-order valence-electron chi connectivity index (χ0n) is 12.2.